The molecule has 5 rings (SSSR count). The highest BCUT2D eigenvalue weighted by Crippen LogP contribution is 2.42. The Hall–Kier alpha value is -3.78. The van der Waals surface area contributed by atoms with E-state index in [9.17, 15) is 10.1 Å². The maximum atomic E-state index is 12.8. The minimum atomic E-state index is -0.514. The van der Waals surface area contributed by atoms with Crippen molar-refractivity contribution in [2.75, 3.05) is 18.4 Å². The van der Waals surface area contributed by atoms with E-state index in [1.54, 1.807) is 4.90 Å². The number of hydrogen-bond acceptors (Lipinski definition) is 4. The van der Waals surface area contributed by atoms with Crippen LogP contribution in [-0.2, 0) is 11.2 Å². The number of ether oxygens (including phenoxy) is 1. The van der Waals surface area contributed by atoms with E-state index in [1.165, 1.54) is 0 Å². The second-order valence-corrected chi connectivity index (χ2v) is 8.00. The number of fused-ring (bicyclic) bond motifs is 1. The number of amides is 1. The summed E-state index contributed by atoms with van der Waals surface area (Å²) in [6.07, 6.45) is 3.54. The standard InChI is InChI=1S/C25H21N3O2/c26-17-28-12-11-25(16-28)15-20-13-19(9-10-23(20)27-24(25)29)18-5-4-8-22(14-18)30-21-6-2-1-3-7-21/h1-10,13-14H,11-12,15-16H2,(H,27,29)/t25-/m0/s1. The number of benzene rings is 3. The molecule has 1 fully saturated rings. The zero-order valence-corrected chi connectivity index (χ0v) is 16.5. The third kappa shape index (κ3) is 3.27. The average Bonchev–Trinajstić information content (AvgIpc) is 3.19. The van der Waals surface area contributed by atoms with Gasteiger partial charge in [-0.15, -0.1) is 0 Å². The number of nitriles is 1. The molecule has 3 aromatic carbocycles. The van der Waals surface area contributed by atoms with Crippen molar-refractivity contribution in [1.82, 2.24) is 4.90 Å². The molecule has 30 heavy (non-hydrogen) atoms. The molecule has 2 aliphatic rings. The normalized spacial score (nSPS) is 19.8. The fraction of sp³-hybridized carbons (Fsp3) is 0.200. The number of nitrogens with zero attached hydrogens (tertiary/aromatic N) is 2. The minimum absolute atomic E-state index is 0.0266. The van der Waals surface area contributed by atoms with Crippen LogP contribution in [0.5, 0.6) is 11.5 Å². The zero-order valence-electron chi connectivity index (χ0n) is 16.5. The largest absolute Gasteiger partial charge is 0.457 e. The second kappa shape index (κ2) is 7.23. The van der Waals surface area contributed by atoms with E-state index >= 15 is 0 Å². The van der Waals surface area contributed by atoms with Gasteiger partial charge in [0.25, 0.3) is 0 Å². The van der Waals surface area contributed by atoms with Crippen LogP contribution in [0.2, 0.25) is 0 Å². The molecule has 0 saturated carbocycles. The molecule has 1 atom stereocenters. The van der Waals surface area contributed by atoms with Gasteiger partial charge in [0.05, 0.1) is 5.41 Å². The van der Waals surface area contributed by atoms with Gasteiger partial charge < -0.3 is 15.0 Å². The van der Waals surface area contributed by atoms with E-state index in [4.69, 9.17) is 4.74 Å². The van der Waals surface area contributed by atoms with Crippen molar-refractivity contribution in [3.8, 4) is 28.8 Å². The van der Waals surface area contributed by atoms with Crippen molar-refractivity contribution < 1.29 is 9.53 Å². The summed E-state index contributed by atoms with van der Waals surface area (Å²) in [5.74, 6) is 1.61. The van der Waals surface area contributed by atoms with Crippen LogP contribution in [0.3, 0.4) is 0 Å². The molecule has 1 amide bonds. The van der Waals surface area contributed by atoms with Crippen LogP contribution in [0, 0.1) is 16.9 Å². The third-order valence-electron chi connectivity index (χ3n) is 6.01. The first-order valence-electron chi connectivity index (χ1n) is 10.1. The highest BCUT2D eigenvalue weighted by atomic mass is 16.5. The second-order valence-electron chi connectivity index (χ2n) is 8.00. The lowest BCUT2D eigenvalue weighted by Gasteiger charge is -2.33. The first-order valence-corrected chi connectivity index (χ1v) is 10.1. The van der Waals surface area contributed by atoms with E-state index in [0.29, 0.717) is 25.9 Å². The van der Waals surface area contributed by atoms with Crippen molar-refractivity contribution in [2.45, 2.75) is 12.8 Å². The molecule has 148 valence electrons. The molecule has 3 aromatic rings. The quantitative estimate of drug-likeness (QED) is 0.646. The van der Waals surface area contributed by atoms with E-state index in [1.807, 2.05) is 60.7 Å². The SMILES string of the molecule is N#CN1CC[C@]2(Cc3cc(-c4cccc(Oc5ccccc5)c4)ccc3NC2=O)C1. The Morgan fingerprint density at radius 2 is 1.77 bits per heavy atom. The monoisotopic (exact) mass is 395 g/mol. The molecule has 2 aliphatic heterocycles. The summed E-state index contributed by atoms with van der Waals surface area (Å²) in [4.78, 5) is 14.4. The van der Waals surface area contributed by atoms with E-state index in [0.717, 1.165) is 33.9 Å². The molecule has 1 saturated heterocycles. The van der Waals surface area contributed by atoms with Crippen LogP contribution in [0.25, 0.3) is 11.1 Å². The fourth-order valence-corrected chi connectivity index (χ4v) is 4.39. The Morgan fingerprint density at radius 3 is 2.57 bits per heavy atom. The summed E-state index contributed by atoms with van der Waals surface area (Å²) in [5, 5.41) is 12.3. The highest BCUT2D eigenvalue weighted by Gasteiger charge is 2.47. The summed E-state index contributed by atoms with van der Waals surface area (Å²) >= 11 is 0. The molecule has 5 nitrogen and oxygen atoms in total. The molecule has 0 radical (unpaired) electrons. The van der Waals surface area contributed by atoms with Crippen molar-refractivity contribution in [3.63, 3.8) is 0 Å². The lowest BCUT2D eigenvalue weighted by molar-refractivity contribution is -0.125. The highest BCUT2D eigenvalue weighted by molar-refractivity contribution is 5.99. The van der Waals surface area contributed by atoms with Gasteiger partial charge in [0.1, 0.15) is 11.5 Å². The van der Waals surface area contributed by atoms with Crippen molar-refractivity contribution in [1.29, 1.82) is 5.26 Å². The van der Waals surface area contributed by atoms with Crippen LogP contribution in [-0.4, -0.2) is 23.9 Å². The lowest BCUT2D eigenvalue weighted by Crippen LogP contribution is -2.43. The minimum Gasteiger partial charge on any atom is -0.457 e. The Labute approximate surface area is 175 Å². The van der Waals surface area contributed by atoms with Gasteiger partial charge in [-0.05, 0) is 65.9 Å². The maximum absolute atomic E-state index is 12.8. The number of carbonyl (C=O) groups is 1. The van der Waals surface area contributed by atoms with Crippen LogP contribution < -0.4 is 10.1 Å². The molecular weight excluding hydrogens is 374 g/mol. The Kier molecular flexibility index (Phi) is 4.40. The van der Waals surface area contributed by atoms with Gasteiger partial charge >= 0.3 is 0 Å². The van der Waals surface area contributed by atoms with Gasteiger partial charge in [0.2, 0.25) is 5.91 Å². The Bertz CT molecular complexity index is 1150. The predicted octanol–water partition coefficient (Wildman–Crippen LogP) is 4.81. The van der Waals surface area contributed by atoms with Gasteiger partial charge in [-0.3, -0.25) is 4.79 Å². The van der Waals surface area contributed by atoms with Gasteiger partial charge in [0.15, 0.2) is 6.19 Å². The summed E-state index contributed by atoms with van der Waals surface area (Å²) in [6.45, 7) is 1.12. The number of para-hydroxylation sites is 1. The maximum Gasteiger partial charge on any atom is 0.232 e. The van der Waals surface area contributed by atoms with Gasteiger partial charge in [-0.2, -0.15) is 5.26 Å². The summed E-state index contributed by atoms with van der Waals surface area (Å²) in [5.41, 5.74) is 3.60. The predicted molar refractivity (Wildman–Crippen MR) is 115 cm³/mol. The van der Waals surface area contributed by atoms with Gasteiger partial charge in [-0.25, -0.2) is 0 Å². The zero-order chi connectivity index (χ0) is 20.6. The van der Waals surface area contributed by atoms with Crippen LogP contribution in [0.4, 0.5) is 5.69 Å². The summed E-state index contributed by atoms with van der Waals surface area (Å²) in [6, 6.07) is 23.9. The van der Waals surface area contributed by atoms with E-state index in [-0.39, 0.29) is 5.91 Å². The molecule has 0 unspecified atom stereocenters. The van der Waals surface area contributed by atoms with Crippen LogP contribution in [0.15, 0.2) is 72.8 Å². The number of nitrogens with one attached hydrogen (secondary N) is 1. The molecule has 1 N–H and O–H groups in total. The molecule has 0 aromatic heterocycles. The Morgan fingerprint density at radius 1 is 0.967 bits per heavy atom. The van der Waals surface area contributed by atoms with Crippen molar-refractivity contribution in [3.05, 3.63) is 78.4 Å². The molecule has 0 bridgehead atoms. The average molecular weight is 395 g/mol. The van der Waals surface area contributed by atoms with Gasteiger partial charge in [0, 0.05) is 18.8 Å². The van der Waals surface area contributed by atoms with Gasteiger partial charge in [-0.1, -0.05) is 36.4 Å². The molecular formula is C25H21N3O2. The molecule has 5 heteroatoms. The lowest BCUT2D eigenvalue weighted by atomic mass is 9.76. The third-order valence-corrected chi connectivity index (χ3v) is 6.01. The number of hydrogen-bond donors (Lipinski definition) is 1. The fourth-order valence-electron chi connectivity index (χ4n) is 4.39. The topological polar surface area (TPSA) is 65.4 Å². The molecule has 1 spiro atoms. The number of likely N-dealkylation sites (tertiary alicyclic amines) is 1. The van der Waals surface area contributed by atoms with E-state index < -0.39 is 5.41 Å². The van der Waals surface area contributed by atoms with E-state index in [2.05, 4.69) is 23.6 Å². The van der Waals surface area contributed by atoms with Crippen molar-refractivity contribution in [2.24, 2.45) is 5.41 Å². The van der Waals surface area contributed by atoms with Crippen molar-refractivity contribution >= 4 is 11.6 Å². The summed E-state index contributed by atoms with van der Waals surface area (Å²) in [7, 11) is 0. The first-order chi connectivity index (χ1) is 14.6. The van der Waals surface area contributed by atoms with Crippen LogP contribution >= 0.6 is 0 Å². The molecule has 2 heterocycles. The first kappa shape index (κ1) is 18.3. The molecule has 0 aliphatic carbocycles. The number of anilines is 1. The summed E-state index contributed by atoms with van der Waals surface area (Å²) < 4.78 is 5.97. The number of carbonyl (C=O) groups excluding carboxylic acids is 1. The smallest absolute Gasteiger partial charge is 0.232 e. The number of rotatable bonds is 3. The van der Waals surface area contributed by atoms with Crippen LogP contribution in [0.1, 0.15) is 12.0 Å². The Balaban J connectivity index is 1.43.